The van der Waals surface area contributed by atoms with Gasteiger partial charge in [-0.25, -0.2) is 0 Å². The zero-order valence-electron chi connectivity index (χ0n) is 10.2. The minimum Gasteiger partial charge on any atom is -0.467 e. The Morgan fingerprint density at radius 3 is 2.35 bits per heavy atom. The van der Waals surface area contributed by atoms with E-state index >= 15 is 0 Å². The third-order valence-corrected chi connectivity index (χ3v) is 1.83. The van der Waals surface area contributed by atoms with Crippen molar-refractivity contribution in [2.45, 2.75) is 6.92 Å². The van der Waals surface area contributed by atoms with Crippen molar-refractivity contribution in [2.24, 2.45) is 0 Å². The standard InChI is InChI=1S/C12H18O5/c1-11-4-3-5-12(6-11)17-10-16-9-15-8-14-7-13-2/h3-6H,7-10H2,1-2H3. The first kappa shape index (κ1) is 13.9. The summed E-state index contributed by atoms with van der Waals surface area (Å²) in [6.45, 7) is 2.62. The van der Waals surface area contributed by atoms with Gasteiger partial charge in [0, 0.05) is 7.11 Å². The highest BCUT2D eigenvalue weighted by atomic mass is 16.8. The minimum atomic E-state index is 0.121. The van der Waals surface area contributed by atoms with Crippen molar-refractivity contribution in [3.8, 4) is 5.75 Å². The average molecular weight is 242 g/mol. The van der Waals surface area contributed by atoms with E-state index in [4.69, 9.17) is 18.9 Å². The van der Waals surface area contributed by atoms with Gasteiger partial charge in [-0.2, -0.15) is 0 Å². The van der Waals surface area contributed by atoms with Gasteiger partial charge < -0.3 is 23.7 Å². The number of hydrogen-bond donors (Lipinski definition) is 0. The van der Waals surface area contributed by atoms with Crippen molar-refractivity contribution in [3.05, 3.63) is 29.8 Å². The Balaban J connectivity index is 1.97. The smallest absolute Gasteiger partial charge is 0.191 e. The van der Waals surface area contributed by atoms with Gasteiger partial charge in [-0.1, -0.05) is 12.1 Å². The summed E-state index contributed by atoms with van der Waals surface area (Å²) >= 11 is 0. The second-order valence-electron chi connectivity index (χ2n) is 3.33. The van der Waals surface area contributed by atoms with Gasteiger partial charge in [0.05, 0.1) is 0 Å². The van der Waals surface area contributed by atoms with E-state index in [-0.39, 0.29) is 27.2 Å². The summed E-state index contributed by atoms with van der Waals surface area (Å²) < 4.78 is 25.0. The fourth-order valence-corrected chi connectivity index (χ4v) is 1.12. The van der Waals surface area contributed by atoms with E-state index < -0.39 is 0 Å². The van der Waals surface area contributed by atoms with E-state index in [1.807, 2.05) is 31.2 Å². The monoisotopic (exact) mass is 242 g/mol. The van der Waals surface area contributed by atoms with Crippen LogP contribution < -0.4 is 4.74 Å². The van der Waals surface area contributed by atoms with E-state index in [1.54, 1.807) is 7.11 Å². The van der Waals surface area contributed by atoms with Gasteiger partial charge in [-0.05, 0) is 24.6 Å². The summed E-state index contributed by atoms with van der Waals surface area (Å²) in [7, 11) is 1.55. The Kier molecular flexibility index (Phi) is 7.33. The molecule has 0 aliphatic carbocycles. The molecule has 17 heavy (non-hydrogen) atoms. The number of benzene rings is 1. The van der Waals surface area contributed by atoms with Crippen LogP contribution in [0.2, 0.25) is 0 Å². The predicted molar refractivity (Wildman–Crippen MR) is 61.5 cm³/mol. The molecule has 0 radical (unpaired) electrons. The molecule has 0 aliphatic heterocycles. The van der Waals surface area contributed by atoms with E-state index in [0.717, 1.165) is 11.3 Å². The van der Waals surface area contributed by atoms with Crippen LogP contribution in [0.1, 0.15) is 5.56 Å². The topological polar surface area (TPSA) is 46.2 Å². The maximum absolute atomic E-state index is 5.35. The number of rotatable bonds is 9. The van der Waals surface area contributed by atoms with E-state index in [0.29, 0.717) is 0 Å². The highest BCUT2D eigenvalue weighted by Crippen LogP contribution is 2.11. The van der Waals surface area contributed by atoms with Gasteiger partial charge in [0.15, 0.2) is 20.4 Å². The molecule has 0 aliphatic rings. The number of aryl methyl sites for hydroxylation is 1. The lowest BCUT2D eigenvalue weighted by atomic mass is 10.2. The van der Waals surface area contributed by atoms with Crippen molar-refractivity contribution < 1.29 is 23.7 Å². The summed E-state index contributed by atoms with van der Waals surface area (Å²) in [4.78, 5) is 0. The van der Waals surface area contributed by atoms with E-state index in [9.17, 15) is 0 Å². The van der Waals surface area contributed by atoms with E-state index in [1.165, 1.54) is 0 Å². The zero-order valence-corrected chi connectivity index (χ0v) is 10.2. The lowest BCUT2D eigenvalue weighted by molar-refractivity contribution is -0.177. The van der Waals surface area contributed by atoms with Crippen LogP contribution in [-0.4, -0.2) is 34.3 Å². The molecule has 0 N–H and O–H groups in total. The maximum Gasteiger partial charge on any atom is 0.191 e. The molecule has 1 aromatic carbocycles. The average Bonchev–Trinajstić information content (AvgIpc) is 2.33. The molecule has 0 bridgehead atoms. The fraction of sp³-hybridized carbons (Fsp3) is 0.500. The van der Waals surface area contributed by atoms with Crippen LogP contribution in [0.3, 0.4) is 0 Å². The van der Waals surface area contributed by atoms with Crippen molar-refractivity contribution >= 4 is 0 Å². The molecule has 5 heteroatoms. The van der Waals surface area contributed by atoms with Gasteiger partial charge in [0.2, 0.25) is 0 Å². The van der Waals surface area contributed by atoms with Gasteiger partial charge in [-0.15, -0.1) is 0 Å². The van der Waals surface area contributed by atoms with Crippen LogP contribution in [0.15, 0.2) is 24.3 Å². The van der Waals surface area contributed by atoms with Crippen molar-refractivity contribution in [1.29, 1.82) is 0 Å². The highest BCUT2D eigenvalue weighted by Gasteiger charge is 1.93. The molecule has 5 nitrogen and oxygen atoms in total. The second kappa shape index (κ2) is 8.95. The molecule has 0 atom stereocenters. The third-order valence-electron chi connectivity index (χ3n) is 1.83. The normalized spacial score (nSPS) is 10.5. The Hall–Kier alpha value is -1.14. The highest BCUT2D eigenvalue weighted by molar-refractivity contribution is 5.27. The van der Waals surface area contributed by atoms with Gasteiger partial charge in [0.25, 0.3) is 0 Å². The maximum atomic E-state index is 5.35. The van der Waals surface area contributed by atoms with Crippen LogP contribution in [0.4, 0.5) is 0 Å². The molecule has 0 saturated heterocycles. The zero-order chi connectivity index (χ0) is 12.3. The molecule has 1 rings (SSSR count). The Bertz CT molecular complexity index is 303. The number of hydrogen-bond acceptors (Lipinski definition) is 5. The lowest BCUT2D eigenvalue weighted by Crippen LogP contribution is -2.09. The third kappa shape index (κ3) is 6.91. The van der Waals surface area contributed by atoms with Crippen LogP contribution in [0, 0.1) is 6.92 Å². The molecule has 96 valence electrons. The molecule has 0 heterocycles. The van der Waals surface area contributed by atoms with Crippen molar-refractivity contribution in [1.82, 2.24) is 0 Å². The minimum absolute atomic E-state index is 0.121. The van der Waals surface area contributed by atoms with Gasteiger partial charge >= 0.3 is 0 Å². The Morgan fingerprint density at radius 1 is 0.941 bits per heavy atom. The number of methoxy groups -OCH3 is 1. The molecular weight excluding hydrogens is 224 g/mol. The molecule has 0 unspecified atom stereocenters. The van der Waals surface area contributed by atoms with Crippen molar-refractivity contribution in [3.63, 3.8) is 0 Å². The quantitative estimate of drug-likeness (QED) is 0.489. The first-order valence-corrected chi connectivity index (χ1v) is 5.24. The van der Waals surface area contributed by atoms with Gasteiger partial charge in [-0.3, -0.25) is 0 Å². The first-order chi connectivity index (χ1) is 8.33. The summed E-state index contributed by atoms with van der Waals surface area (Å²) in [6.07, 6.45) is 0. The summed E-state index contributed by atoms with van der Waals surface area (Å²) in [5, 5.41) is 0. The Morgan fingerprint density at radius 2 is 1.65 bits per heavy atom. The second-order valence-corrected chi connectivity index (χ2v) is 3.33. The predicted octanol–water partition coefficient (Wildman–Crippen LogP) is 1.90. The fourth-order valence-electron chi connectivity index (χ4n) is 1.12. The van der Waals surface area contributed by atoms with Gasteiger partial charge in [0.1, 0.15) is 12.5 Å². The molecule has 0 spiro atoms. The Labute approximate surface area is 101 Å². The van der Waals surface area contributed by atoms with Crippen LogP contribution >= 0.6 is 0 Å². The molecular formula is C12H18O5. The molecule has 0 aromatic heterocycles. The van der Waals surface area contributed by atoms with Crippen LogP contribution in [-0.2, 0) is 18.9 Å². The molecule has 0 saturated carbocycles. The number of ether oxygens (including phenoxy) is 5. The largest absolute Gasteiger partial charge is 0.467 e. The molecule has 0 amide bonds. The summed E-state index contributed by atoms with van der Waals surface area (Å²) in [5.74, 6) is 0.778. The molecule has 0 fully saturated rings. The van der Waals surface area contributed by atoms with Crippen LogP contribution in [0.5, 0.6) is 5.75 Å². The first-order valence-electron chi connectivity index (χ1n) is 5.24. The lowest BCUT2D eigenvalue weighted by Gasteiger charge is -2.08. The van der Waals surface area contributed by atoms with Crippen molar-refractivity contribution in [2.75, 3.05) is 34.3 Å². The summed E-state index contributed by atoms with van der Waals surface area (Å²) in [5.41, 5.74) is 1.15. The SMILES string of the molecule is COCOCOCOCOc1cccc(C)c1. The van der Waals surface area contributed by atoms with Crippen LogP contribution in [0.25, 0.3) is 0 Å². The summed E-state index contributed by atoms with van der Waals surface area (Å²) in [6, 6.07) is 7.74. The van der Waals surface area contributed by atoms with E-state index in [2.05, 4.69) is 4.74 Å². The molecule has 1 aromatic rings.